The van der Waals surface area contributed by atoms with Crippen molar-refractivity contribution in [1.82, 2.24) is 4.57 Å². The van der Waals surface area contributed by atoms with Crippen LogP contribution in [0.5, 0.6) is 11.5 Å². The molecular weight excluding hydrogens is 272 g/mol. The van der Waals surface area contributed by atoms with E-state index in [1.54, 1.807) is 18.3 Å². The van der Waals surface area contributed by atoms with Gasteiger partial charge in [-0.2, -0.15) is 4.39 Å². The topological polar surface area (TPSA) is 23.4 Å². The number of benzene rings is 1. The fourth-order valence-electron chi connectivity index (χ4n) is 1.92. The van der Waals surface area contributed by atoms with Gasteiger partial charge in [0.1, 0.15) is 4.64 Å². The lowest BCUT2D eigenvalue weighted by atomic mass is 10.2. The Balaban J connectivity index is 2.29. The number of aromatic nitrogens is 1. The van der Waals surface area contributed by atoms with E-state index in [9.17, 15) is 8.78 Å². The maximum absolute atomic E-state index is 14.1. The van der Waals surface area contributed by atoms with Crippen LogP contribution in [-0.4, -0.2) is 11.4 Å². The number of rotatable bonds is 1. The molecule has 2 heterocycles. The predicted octanol–water partition coefficient (Wildman–Crippen LogP) is 3.52. The molecule has 3 rings (SSSR count). The molecule has 0 unspecified atom stereocenters. The van der Waals surface area contributed by atoms with Crippen molar-refractivity contribution < 1.29 is 18.3 Å². The molecule has 0 bridgehead atoms. The zero-order valence-electron chi connectivity index (χ0n) is 9.94. The quantitative estimate of drug-likeness (QED) is 0.747. The van der Waals surface area contributed by atoms with Crippen molar-refractivity contribution in [3.8, 4) is 17.2 Å². The summed E-state index contributed by atoms with van der Waals surface area (Å²) in [7, 11) is 0. The van der Waals surface area contributed by atoms with Crippen LogP contribution in [0, 0.1) is 23.2 Å². The van der Waals surface area contributed by atoms with Gasteiger partial charge in [0.15, 0.2) is 11.6 Å². The maximum Gasteiger partial charge on any atom is 0.231 e. The van der Waals surface area contributed by atoms with Gasteiger partial charge in [-0.05, 0) is 18.6 Å². The second-order valence-corrected chi connectivity index (χ2v) is 4.59. The predicted molar refractivity (Wildman–Crippen MR) is 67.4 cm³/mol. The van der Waals surface area contributed by atoms with Gasteiger partial charge in [-0.1, -0.05) is 18.3 Å². The Morgan fingerprint density at radius 1 is 1.21 bits per heavy atom. The van der Waals surface area contributed by atoms with Gasteiger partial charge in [0, 0.05) is 12.3 Å². The van der Waals surface area contributed by atoms with E-state index >= 15 is 0 Å². The Kier molecular flexibility index (Phi) is 2.74. The minimum Gasteiger partial charge on any atom is -0.453 e. The van der Waals surface area contributed by atoms with E-state index in [1.807, 2.05) is 6.92 Å². The third kappa shape index (κ3) is 1.88. The summed E-state index contributed by atoms with van der Waals surface area (Å²) in [6.07, 6.45) is 1.64. The van der Waals surface area contributed by atoms with Crippen molar-refractivity contribution >= 4 is 12.2 Å². The van der Waals surface area contributed by atoms with Gasteiger partial charge in [0.05, 0.1) is 5.69 Å². The lowest BCUT2D eigenvalue weighted by Crippen LogP contribution is -2.03. The first-order chi connectivity index (χ1) is 9.08. The standard InChI is InChI=1S/C13H9F2NO2S/c1-7-2-3-10(19)16(5-7)8-4-9-13(18-6-17-9)12(15)11(8)14/h2-5H,6H2,1H3. The summed E-state index contributed by atoms with van der Waals surface area (Å²) in [6.45, 7) is 1.72. The van der Waals surface area contributed by atoms with Crippen LogP contribution >= 0.6 is 12.2 Å². The van der Waals surface area contributed by atoms with Gasteiger partial charge < -0.3 is 14.0 Å². The molecule has 6 heteroatoms. The van der Waals surface area contributed by atoms with Gasteiger partial charge >= 0.3 is 0 Å². The van der Waals surface area contributed by atoms with Gasteiger partial charge in [-0.25, -0.2) is 4.39 Å². The SMILES string of the molecule is Cc1ccc(=S)n(-c2cc3c(c(F)c2F)OCO3)c1. The lowest BCUT2D eigenvalue weighted by molar-refractivity contribution is 0.170. The van der Waals surface area contributed by atoms with Crippen LogP contribution in [0.3, 0.4) is 0 Å². The molecule has 0 saturated heterocycles. The van der Waals surface area contributed by atoms with Gasteiger partial charge in [-0.15, -0.1) is 0 Å². The average molecular weight is 281 g/mol. The fraction of sp³-hybridized carbons (Fsp3) is 0.154. The number of nitrogens with zero attached hydrogens (tertiary/aromatic N) is 1. The first-order valence-corrected chi connectivity index (χ1v) is 5.96. The molecule has 0 fully saturated rings. The molecule has 1 aromatic carbocycles. The number of fused-ring (bicyclic) bond motifs is 1. The van der Waals surface area contributed by atoms with Gasteiger partial charge in [-0.3, -0.25) is 0 Å². The van der Waals surface area contributed by atoms with Crippen LogP contribution in [0.4, 0.5) is 8.78 Å². The van der Waals surface area contributed by atoms with E-state index < -0.39 is 11.6 Å². The number of ether oxygens (including phenoxy) is 2. The lowest BCUT2D eigenvalue weighted by Gasteiger charge is -2.11. The molecule has 98 valence electrons. The van der Waals surface area contributed by atoms with E-state index in [0.717, 1.165) is 5.56 Å². The van der Waals surface area contributed by atoms with E-state index in [0.29, 0.717) is 4.64 Å². The molecule has 0 aliphatic carbocycles. The summed E-state index contributed by atoms with van der Waals surface area (Å²) in [5.74, 6) is -2.09. The van der Waals surface area contributed by atoms with Gasteiger partial charge in [0.25, 0.3) is 0 Å². The molecule has 3 nitrogen and oxygen atoms in total. The van der Waals surface area contributed by atoms with E-state index in [2.05, 4.69) is 0 Å². The smallest absolute Gasteiger partial charge is 0.231 e. The van der Waals surface area contributed by atoms with E-state index in [-0.39, 0.29) is 24.0 Å². The first kappa shape index (κ1) is 12.1. The summed E-state index contributed by atoms with van der Waals surface area (Å²) in [5, 5.41) is 0. The van der Waals surface area contributed by atoms with Crippen molar-refractivity contribution in [3.05, 3.63) is 46.2 Å². The Bertz CT molecular complexity index is 727. The number of pyridine rings is 1. The van der Waals surface area contributed by atoms with Crippen LogP contribution in [0.15, 0.2) is 24.4 Å². The van der Waals surface area contributed by atoms with Crippen LogP contribution in [-0.2, 0) is 0 Å². The third-order valence-electron chi connectivity index (χ3n) is 2.84. The van der Waals surface area contributed by atoms with Gasteiger partial charge in [0.2, 0.25) is 18.4 Å². The fourth-order valence-corrected chi connectivity index (χ4v) is 2.14. The van der Waals surface area contributed by atoms with Crippen molar-refractivity contribution in [2.24, 2.45) is 0 Å². The largest absolute Gasteiger partial charge is 0.453 e. The molecule has 1 aliphatic rings. The van der Waals surface area contributed by atoms with Crippen molar-refractivity contribution in [1.29, 1.82) is 0 Å². The van der Waals surface area contributed by atoms with Crippen molar-refractivity contribution in [2.45, 2.75) is 6.92 Å². The third-order valence-corrected chi connectivity index (χ3v) is 3.18. The highest BCUT2D eigenvalue weighted by Gasteiger charge is 2.25. The summed E-state index contributed by atoms with van der Waals surface area (Å²) in [5.41, 5.74) is 0.890. The molecule has 0 radical (unpaired) electrons. The van der Waals surface area contributed by atoms with Crippen LogP contribution in [0.2, 0.25) is 0 Å². The molecule has 0 N–H and O–H groups in total. The Morgan fingerprint density at radius 3 is 2.79 bits per heavy atom. The molecule has 2 aromatic rings. The maximum atomic E-state index is 14.1. The number of hydrogen-bond donors (Lipinski definition) is 0. The van der Waals surface area contributed by atoms with Crippen LogP contribution in [0.1, 0.15) is 5.56 Å². The minimum atomic E-state index is -1.06. The molecule has 0 spiro atoms. The number of halogens is 2. The summed E-state index contributed by atoms with van der Waals surface area (Å²) < 4.78 is 39.7. The van der Waals surface area contributed by atoms with Crippen molar-refractivity contribution in [3.63, 3.8) is 0 Å². The van der Waals surface area contributed by atoms with Crippen LogP contribution < -0.4 is 9.47 Å². The van der Waals surface area contributed by atoms with E-state index in [1.165, 1.54) is 10.6 Å². The molecule has 0 atom stereocenters. The summed E-state index contributed by atoms with van der Waals surface area (Å²) in [6, 6.07) is 4.85. The molecule has 19 heavy (non-hydrogen) atoms. The second-order valence-electron chi connectivity index (χ2n) is 4.17. The highest BCUT2D eigenvalue weighted by atomic mass is 32.1. The minimum absolute atomic E-state index is 0.00968. The average Bonchev–Trinajstić information content (AvgIpc) is 2.85. The number of aryl methyl sites for hydroxylation is 1. The summed E-state index contributed by atoms with van der Waals surface area (Å²) in [4.78, 5) is 0. The zero-order chi connectivity index (χ0) is 13.6. The number of hydrogen-bond acceptors (Lipinski definition) is 3. The Morgan fingerprint density at radius 2 is 2.00 bits per heavy atom. The Hall–Kier alpha value is -1.95. The van der Waals surface area contributed by atoms with E-state index in [4.69, 9.17) is 21.7 Å². The molecule has 1 aromatic heterocycles. The second kappa shape index (κ2) is 4.31. The first-order valence-electron chi connectivity index (χ1n) is 5.55. The highest BCUT2D eigenvalue weighted by molar-refractivity contribution is 7.71. The summed E-state index contributed by atoms with van der Waals surface area (Å²) >= 11 is 5.13. The molecule has 0 amide bonds. The zero-order valence-corrected chi connectivity index (χ0v) is 10.8. The molecule has 1 aliphatic heterocycles. The molecule has 0 saturated carbocycles. The molecular formula is C13H9F2NO2S. The van der Waals surface area contributed by atoms with Crippen molar-refractivity contribution in [2.75, 3.05) is 6.79 Å². The van der Waals surface area contributed by atoms with Crippen LogP contribution in [0.25, 0.3) is 5.69 Å². The normalized spacial score (nSPS) is 12.8. The Labute approximate surface area is 113 Å². The monoisotopic (exact) mass is 281 g/mol. The highest BCUT2D eigenvalue weighted by Crippen LogP contribution is 2.38.